The van der Waals surface area contributed by atoms with E-state index in [0.29, 0.717) is 18.8 Å². The molecule has 1 aliphatic heterocycles. The van der Waals surface area contributed by atoms with Crippen LogP contribution in [0.15, 0.2) is 33.6 Å². The second kappa shape index (κ2) is 5.68. The van der Waals surface area contributed by atoms with Gasteiger partial charge in [0.15, 0.2) is 0 Å². The first-order valence-corrected chi connectivity index (χ1v) is 7.53. The highest BCUT2D eigenvalue weighted by molar-refractivity contribution is 7.90. The van der Waals surface area contributed by atoms with Gasteiger partial charge in [0.05, 0.1) is 18.3 Å². The number of anilines is 1. The second-order valence-corrected chi connectivity index (χ2v) is 5.88. The van der Waals surface area contributed by atoms with Crippen molar-refractivity contribution in [2.45, 2.75) is 17.9 Å². The minimum Gasteiger partial charge on any atom is -0.390 e. The quantitative estimate of drug-likeness (QED) is 0.806. The number of hydrogen-bond acceptors (Lipinski definition) is 5. The first-order chi connectivity index (χ1) is 9.04. The third kappa shape index (κ3) is 3.12. The number of sulfonamides is 1. The van der Waals surface area contributed by atoms with Gasteiger partial charge in [-0.25, -0.2) is 0 Å². The van der Waals surface area contributed by atoms with Crippen LogP contribution in [0.5, 0.6) is 0 Å². The van der Waals surface area contributed by atoms with Crippen LogP contribution in [0, 0.1) is 0 Å². The van der Waals surface area contributed by atoms with E-state index < -0.39 is 16.1 Å². The Bertz CT molecular complexity index is 571. The topological polar surface area (TPSA) is 82.0 Å². The number of hydrogen-bond donors (Lipinski definition) is 2. The third-order valence-electron chi connectivity index (χ3n) is 2.82. The lowest BCUT2D eigenvalue weighted by atomic mass is 10.2. The molecular weight excluding hydrogens is 266 g/mol. The molecule has 0 amide bonds. The van der Waals surface area contributed by atoms with Gasteiger partial charge in [-0.05, 0) is 18.7 Å². The third-order valence-corrected chi connectivity index (χ3v) is 4.09. The highest BCUT2D eigenvalue weighted by Crippen LogP contribution is 2.28. The summed E-state index contributed by atoms with van der Waals surface area (Å²) in [4.78, 5) is 1.83. The minimum atomic E-state index is -3.60. The van der Waals surface area contributed by atoms with E-state index in [0.717, 1.165) is 6.54 Å². The SMILES string of the molecule is CCNCC(O)CN1C=NS(=O)(=O)c2ccccc21. The smallest absolute Gasteiger partial charge is 0.285 e. The molecule has 7 heteroatoms. The number of likely N-dealkylation sites (N-methyl/N-ethyl adjacent to an activating group) is 1. The van der Waals surface area contributed by atoms with Crippen molar-refractivity contribution in [3.63, 3.8) is 0 Å². The molecule has 1 unspecified atom stereocenters. The summed E-state index contributed by atoms with van der Waals surface area (Å²) in [5.41, 5.74) is 0.549. The number of rotatable bonds is 5. The van der Waals surface area contributed by atoms with Gasteiger partial charge >= 0.3 is 0 Å². The van der Waals surface area contributed by atoms with Crippen molar-refractivity contribution < 1.29 is 13.5 Å². The van der Waals surface area contributed by atoms with E-state index in [9.17, 15) is 13.5 Å². The lowest BCUT2D eigenvalue weighted by Crippen LogP contribution is -2.39. The summed E-state index contributed by atoms with van der Waals surface area (Å²) in [6.45, 7) is 3.48. The Balaban J connectivity index is 2.20. The number of nitrogens with one attached hydrogen (secondary N) is 1. The fraction of sp³-hybridized carbons (Fsp3) is 0.417. The standard InChI is InChI=1S/C12H17N3O3S/c1-2-13-7-10(16)8-15-9-14-19(17,18)12-6-4-3-5-11(12)15/h3-6,9-10,13,16H,2,7-8H2,1H3. The van der Waals surface area contributed by atoms with Crippen molar-refractivity contribution in [3.05, 3.63) is 24.3 Å². The van der Waals surface area contributed by atoms with Gasteiger partial charge in [0, 0.05) is 6.54 Å². The van der Waals surface area contributed by atoms with E-state index in [4.69, 9.17) is 0 Å². The molecule has 0 saturated heterocycles. The number of para-hydroxylation sites is 1. The van der Waals surface area contributed by atoms with Gasteiger partial charge in [-0.3, -0.25) is 0 Å². The molecule has 0 spiro atoms. The highest BCUT2D eigenvalue weighted by atomic mass is 32.2. The predicted molar refractivity (Wildman–Crippen MR) is 74.0 cm³/mol. The Morgan fingerprint density at radius 1 is 1.42 bits per heavy atom. The number of aliphatic hydroxyl groups is 1. The van der Waals surface area contributed by atoms with Crippen LogP contribution in [0.4, 0.5) is 5.69 Å². The number of fused-ring (bicyclic) bond motifs is 1. The van der Waals surface area contributed by atoms with Gasteiger partial charge in [-0.1, -0.05) is 19.1 Å². The van der Waals surface area contributed by atoms with E-state index in [1.54, 1.807) is 23.1 Å². The normalized spacial score (nSPS) is 18.1. The molecule has 1 heterocycles. The van der Waals surface area contributed by atoms with Crippen LogP contribution < -0.4 is 10.2 Å². The maximum absolute atomic E-state index is 11.8. The zero-order valence-electron chi connectivity index (χ0n) is 10.7. The van der Waals surface area contributed by atoms with Gasteiger partial charge in [0.25, 0.3) is 10.0 Å². The predicted octanol–water partition coefficient (Wildman–Crippen LogP) is 0.194. The van der Waals surface area contributed by atoms with Crippen molar-refractivity contribution in [2.24, 2.45) is 4.40 Å². The van der Waals surface area contributed by atoms with Gasteiger partial charge in [0.2, 0.25) is 0 Å². The molecule has 2 rings (SSSR count). The van der Waals surface area contributed by atoms with Crippen LogP contribution in [-0.2, 0) is 10.0 Å². The maximum Gasteiger partial charge on any atom is 0.285 e. The van der Waals surface area contributed by atoms with Crippen LogP contribution in [0.3, 0.4) is 0 Å². The van der Waals surface area contributed by atoms with Gasteiger partial charge in [-0.15, -0.1) is 4.40 Å². The van der Waals surface area contributed by atoms with Crippen molar-refractivity contribution in [3.8, 4) is 0 Å². The monoisotopic (exact) mass is 283 g/mol. The fourth-order valence-electron chi connectivity index (χ4n) is 1.90. The van der Waals surface area contributed by atoms with E-state index in [2.05, 4.69) is 9.71 Å². The largest absolute Gasteiger partial charge is 0.390 e. The Morgan fingerprint density at radius 2 is 2.16 bits per heavy atom. The highest BCUT2D eigenvalue weighted by Gasteiger charge is 2.25. The van der Waals surface area contributed by atoms with Crippen molar-refractivity contribution in [1.82, 2.24) is 5.32 Å². The number of benzene rings is 1. The maximum atomic E-state index is 11.8. The average Bonchev–Trinajstić information content (AvgIpc) is 2.40. The minimum absolute atomic E-state index is 0.174. The van der Waals surface area contributed by atoms with E-state index in [1.165, 1.54) is 12.4 Å². The van der Waals surface area contributed by atoms with Gasteiger partial charge in [0.1, 0.15) is 11.2 Å². The van der Waals surface area contributed by atoms with Gasteiger partial charge in [-0.2, -0.15) is 8.42 Å². The van der Waals surface area contributed by atoms with Crippen LogP contribution in [0.1, 0.15) is 6.92 Å². The van der Waals surface area contributed by atoms with Crippen LogP contribution in [-0.4, -0.2) is 45.6 Å². The molecule has 1 aromatic carbocycles. The Morgan fingerprint density at radius 3 is 2.89 bits per heavy atom. The lowest BCUT2D eigenvalue weighted by Gasteiger charge is -2.27. The lowest BCUT2D eigenvalue weighted by molar-refractivity contribution is 0.181. The molecule has 0 saturated carbocycles. The van der Waals surface area contributed by atoms with Gasteiger partial charge < -0.3 is 15.3 Å². The second-order valence-electron chi connectivity index (χ2n) is 4.28. The first kappa shape index (κ1) is 14.0. The molecule has 1 atom stereocenters. The summed E-state index contributed by atoms with van der Waals surface area (Å²) < 4.78 is 27.1. The first-order valence-electron chi connectivity index (χ1n) is 6.09. The molecule has 1 aromatic rings. The summed E-state index contributed by atoms with van der Waals surface area (Å²) in [6.07, 6.45) is 0.660. The molecule has 1 aliphatic rings. The van der Waals surface area contributed by atoms with E-state index >= 15 is 0 Å². The summed E-state index contributed by atoms with van der Waals surface area (Å²) in [7, 11) is -3.60. The van der Waals surface area contributed by atoms with Crippen LogP contribution in [0.25, 0.3) is 0 Å². The molecule has 104 valence electrons. The van der Waals surface area contributed by atoms with Crippen molar-refractivity contribution >= 4 is 22.0 Å². The summed E-state index contributed by atoms with van der Waals surface area (Å²) in [5.74, 6) is 0. The molecule has 6 nitrogen and oxygen atoms in total. The molecule has 2 N–H and O–H groups in total. The van der Waals surface area contributed by atoms with Crippen molar-refractivity contribution in [1.29, 1.82) is 0 Å². The zero-order chi connectivity index (χ0) is 13.9. The molecule has 19 heavy (non-hydrogen) atoms. The summed E-state index contributed by atoms with van der Waals surface area (Å²) in [5, 5.41) is 12.9. The molecule has 0 aromatic heterocycles. The van der Waals surface area contributed by atoms with E-state index in [-0.39, 0.29) is 4.90 Å². The van der Waals surface area contributed by atoms with Crippen LogP contribution in [0.2, 0.25) is 0 Å². The number of aliphatic hydroxyl groups excluding tert-OH is 1. The van der Waals surface area contributed by atoms with Crippen LogP contribution >= 0.6 is 0 Å². The molecule has 0 radical (unpaired) electrons. The number of nitrogens with zero attached hydrogens (tertiary/aromatic N) is 2. The summed E-state index contributed by atoms with van der Waals surface area (Å²) in [6, 6.07) is 6.64. The molecular formula is C12H17N3O3S. The molecule has 0 aliphatic carbocycles. The molecule has 0 bridgehead atoms. The summed E-state index contributed by atoms with van der Waals surface area (Å²) >= 11 is 0. The van der Waals surface area contributed by atoms with E-state index in [1.807, 2.05) is 6.92 Å². The average molecular weight is 283 g/mol. The number of β-amino-alcohol motifs (C(OH)–C–C–N with tert-alkyl or cyclic N) is 1. The Hall–Kier alpha value is -1.44. The Kier molecular flexibility index (Phi) is 4.18. The molecule has 0 fully saturated rings. The fourth-order valence-corrected chi connectivity index (χ4v) is 2.95. The Labute approximate surface area is 112 Å². The zero-order valence-corrected chi connectivity index (χ0v) is 11.5. The van der Waals surface area contributed by atoms with Crippen molar-refractivity contribution in [2.75, 3.05) is 24.5 Å².